The van der Waals surface area contributed by atoms with E-state index in [1.54, 1.807) is 6.07 Å². The fraction of sp³-hybridized carbons (Fsp3) is 0.706. The molecule has 0 spiro atoms. The van der Waals surface area contributed by atoms with Crippen molar-refractivity contribution in [1.29, 1.82) is 0 Å². The third-order valence-corrected chi connectivity index (χ3v) is 5.03. The standard InChI is InChI=1S/C17H26N2O2/c1-13-11-16(20)17(21)15(12-18-9-5-6-10-18)19(13)14-7-3-2-4-8-14/h11,14,21H,2-10,12H2,1H3. The lowest BCUT2D eigenvalue weighted by Crippen LogP contribution is -2.27. The molecule has 0 atom stereocenters. The molecule has 2 fully saturated rings. The Hall–Kier alpha value is -1.29. The van der Waals surface area contributed by atoms with Crippen LogP contribution in [0.5, 0.6) is 5.75 Å². The molecule has 1 aromatic heterocycles. The van der Waals surface area contributed by atoms with E-state index in [0.29, 0.717) is 12.6 Å². The number of nitrogens with zero attached hydrogens (tertiary/aromatic N) is 2. The van der Waals surface area contributed by atoms with E-state index in [-0.39, 0.29) is 11.2 Å². The Morgan fingerprint density at radius 2 is 1.81 bits per heavy atom. The summed E-state index contributed by atoms with van der Waals surface area (Å²) in [5.41, 5.74) is 1.61. The van der Waals surface area contributed by atoms with Crippen LogP contribution in [-0.4, -0.2) is 27.7 Å². The van der Waals surface area contributed by atoms with Crippen LogP contribution in [0, 0.1) is 6.92 Å². The maximum absolute atomic E-state index is 12.0. The smallest absolute Gasteiger partial charge is 0.223 e. The summed E-state index contributed by atoms with van der Waals surface area (Å²) >= 11 is 0. The van der Waals surface area contributed by atoms with E-state index in [4.69, 9.17) is 0 Å². The molecule has 4 nitrogen and oxygen atoms in total. The van der Waals surface area contributed by atoms with Gasteiger partial charge in [-0.25, -0.2) is 0 Å². The van der Waals surface area contributed by atoms with Crippen molar-refractivity contribution >= 4 is 0 Å². The molecule has 2 heterocycles. The van der Waals surface area contributed by atoms with Gasteiger partial charge in [-0.3, -0.25) is 9.69 Å². The average Bonchev–Trinajstić information content (AvgIpc) is 2.98. The SMILES string of the molecule is Cc1cc(=O)c(O)c(CN2CCCC2)n1C1CCCCC1. The van der Waals surface area contributed by atoms with Gasteiger partial charge in [-0.05, 0) is 45.7 Å². The number of likely N-dealkylation sites (tertiary alicyclic amines) is 1. The molecule has 1 N–H and O–H groups in total. The van der Waals surface area contributed by atoms with E-state index < -0.39 is 0 Å². The van der Waals surface area contributed by atoms with E-state index in [1.165, 1.54) is 32.1 Å². The molecule has 1 aromatic rings. The van der Waals surface area contributed by atoms with E-state index in [9.17, 15) is 9.90 Å². The molecule has 1 saturated heterocycles. The van der Waals surface area contributed by atoms with Crippen molar-refractivity contribution in [3.8, 4) is 5.75 Å². The lowest BCUT2D eigenvalue weighted by molar-refractivity contribution is 0.282. The molecule has 1 aliphatic carbocycles. The minimum absolute atomic E-state index is 0.0296. The minimum atomic E-state index is -0.228. The monoisotopic (exact) mass is 290 g/mol. The molecule has 1 saturated carbocycles. The molecule has 0 amide bonds. The maximum atomic E-state index is 12.0. The third kappa shape index (κ3) is 3.00. The van der Waals surface area contributed by atoms with Crippen molar-refractivity contribution in [2.24, 2.45) is 0 Å². The van der Waals surface area contributed by atoms with Gasteiger partial charge in [-0.2, -0.15) is 0 Å². The molecule has 0 unspecified atom stereocenters. The Balaban J connectivity index is 1.98. The second-order valence-corrected chi connectivity index (χ2v) is 6.59. The predicted molar refractivity (Wildman–Crippen MR) is 83.7 cm³/mol. The first-order valence-electron chi connectivity index (χ1n) is 8.33. The molecule has 116 valence electrons. The quantitative estimate of drug-likeness (QED) is 0.931. The summed E-state index contributed by atoms with van der Waals surface area (Å²) in [7, 11) is 0. The van der Waals surface area contributed by atoms with Crippen LogP contribution in [0.4, 0.5) is 0 Å². The van der Waals surface area contributed by atoms with Crippen molar-refractivity contribution in [2.45, 2.75) is 64.5 Å². The summed E-state index contributed by atoms with van der Waals surface area (Å²) < 4.78 is 2.26. The lowest BCUT2D eigenvalue weighted by atomic mass is 9.94. The zero-order valence-corrected chi connectivity index (χ0v) is 13.0. The molecule has 0 bridgehead atoms. The summed E-state index contributed by atoms with van der Waals surface area (Å²) in [4.78, 5) is 14.3. The Kier molecular flexibility index (Phi) is 4.34. The highest BCUT2D eigenvalue weighted by Gasteiger charge is 2.24. The Labute approximate surface area is 126 Å². The second-order valence-electron chi connectivity index (χ2n) is 6.59. The van der Waals surface area contributed by atoms with Crippen LogP contribution in [0.2, 0.25) is 0 Å². The van der Waals surface area contributed by atoms with E-state index in [2.05, 4.69) is 9.47 Å². The van der Waals surface area contributed by atoms with Crippen LogP contribution < -0.4 is 5.43 Å². The molecule has 21 heavy (non-hydrogen) atoms. The van der Waals surface area contributed by atoms with Crippen LogP contribution >= 0.6 is 0 Å². The van der Waals surface area contributed by atoms with Gasteiger partial charge in [-0.1, -0.05) is 19.3 Å². The average molecular weight is 290 g/mol. The molecular formula is C17H26N2O2. The molecular weight excluding hydrogens is 264 g/mol. The molecule has 1 aliphatic heterocycles. The number of hydrogen-bond acceptors (Lipinski definition) is 3. The molecule has 3 rings (SSSR count). The van der Waals surface area contributed by atoms with E-state index >= 15 is 0 Å². The Bertz CT molecular complexity index is 553. The van der Waals surface area contributed by atoms with Gasteiger partial charge in [0.25, 0.3) is 0 Å². The Morgan fingerprint density at radius 3 is 2.48 bits per heavy atom. The van der Waals surface area contributed by atoms with Gasteiger partial charge in [-0.15, -0.1) is 0 Å². The maximum Gasteiger partial charge on any atom is 0.223 e. The van der Waals surface area contributed by atoms with Crippen LogP contribution in [0.25, 0.3) is 0 Å². The highest BCUT2D eigenvalue weighted by atomic mass is 16.3. The largest absolute Gasteiger partial charge is 0.503 e. The topological polar surface area (TPSA) is 45.5 Å². The number of hydrogen-bond donors (Lipinski definition) is 1. The van der Waals surface area contributed by atoms with Crippen molar-refractivity contribution in [3.05, 3.63) is 27.7 Å². The van der Waals surface area contributed by atoms with Gasteiger partial charge in [0.2, 0.25) is 5.43 Å². The Morgan fingerprint density at radius 1 is 1.14 bits per heavy atom. The third-order valence-electron chi connectivity index (χ3n) is 5.03. The zero-order valence-electron chi connectivity index (χ0n) is 13.0. The minimum Gasteiger partial charge on any atom is -0.503 e. The van der Waals surface area contributed by atoms with Gasteiger partial charge in [0.1, 0.15) is 0 Å². The first kappa shape index (κ1) is 14.6. The number of aromatic nitrogens is 1. The normalized spacial score (nSPS) is 21.0. The van der Waals surface area contributed by atoms with Gasteiger partial charge >= 0.3 is 0 Å². The summed E-state index contributed by atoms with van der Waals surface area (Å²) in [5.74, 6) is -0.0296. The first-order valence-corrected chi connectivity index (χ1v) is 8.33. The fourth-order valence-corrected chi connectivity index (χ4v) is 3.95. The summed E-state index contributed by atoms with van der Waals surface area (Å²) in [6, 6.07) is 2.04. The van der Waals surface area contributed by atoms with Gasteiger partial charge < -0.3 is 9.67 Å². The highest BCUT2D eigenvalue weighted by Crippen LogP contribution is 2.32. The number of aromatic hydroxyl groups is 1. The molecule has 0 aromatic carbocycles. The van der Waals surface area contributed by atoms with E-state index in [1.807, 2.05) is 6.92 Å². The number of aryl methyl sites for hydroxylation is 1. The van der Waals surface area contributed by atoms with E-state index in [0.717, 1.165) is 37.3 Å². The highest BCUT2D eigenvalue weighted by molar-refractivity contribution is 5.30. The summed E-state index contributed by atoms with van der Waals surface area (Å²) in [5, 5.41) is 10.3. The van der Waals surface area contributed by atoms with Crippen LogP contribution in [0.15, 0.2) is 10.9 Å². The lowest BCUT2D eigenvalue weighted by Gasteiger charge is -2.31. The van der Waals surface area contributed by atoms with Crippen molar-refractivity contribution in [1.82, 2.24) is 9.47 Å². The molecule has 2 aliphatic rings. The molecule has 0 radical (unpaired) electrons. The summed E-state index contributed by atoms with van der Waals surface area (Å²) in [6.45, 7) is 4.86. The number of rotatable bonds is 3. The first-order chi connectivity index (χ1) is 10.2. The summed E-state index contributed by atoms with van der Waals surface area (Å²) in [6.07, 6.45) is 8.58. The van der Waals surface area contributed by atoms with Gasteiger partial charge in [0.05, 0.1) is 5.69 Å². The fourth-order valence-electron chi connectivity index (χ4n) is 3.95. The van der Waals surface area contributed by atoms with Crippen LogP contribution in [0.1, 0.15) is 62.4 Å². The molecule has 4 heteroatoms. The van der Waals surface area contributed by atoms with Crippen molar-refractivity contribution < 1.29 is 5.11 Å². The zero-order chi connectivity index (χ0) is 14.8. The van der Waals surface area contributed by atoms with Crippen molar-refractivity contribution in [3.63, 3.8) is 0 Å². The van der Waals surface area contributed by atoms with Gasteiger partial charge in [0, 0.05) is 24.3 Å². The van der Waals surface area contributed by atoms with Crippen molar-refractivity contribution in [2.75, 3.05) is 13.1 Å². The predicted octanol–water partition coefficient (Wildman–Crippen LogP) is 2.96. The second kappa shape index (κ2) is 6.22. The van der Waals surface area contributed by atoms with Gasteiger partial charge in [0.15, 0.2) is 5.75 Å². The van der Waals surface area contributed by atoms with Crippen LogP contribution in [-0.2, 0) is 6.54 Å². The van der Waals surface area contributed by atoms with Crippen LogP contribution in [0.3, 0.4) is 0 Å². The number of pyridine rings is 1.